The molecule has 4 N–H and O–H groups in total. The number of alkyl carbamates (subject to hydrolysis) is 1. The minimum atomic E-state index is -4.77. The summed E-state index contributed by atoms with van der Waals surface area (Å²) in [6.45, 7) is 5.72. The zero-order chi connectivity index (χ0) is 21.3. The fourth-order valence-corrected chi connectivity index (χ4v) is 3.60. The van der Waals surface area contributed by atoms with E-state index in [0.717, 1.165) is 5.56 Å². The quantitative estimate of drug-likeness (QED) is 0.392. The molecule has 29 heavy (non-hydrogen) atoms. The highest BCUT2D eigenvalue weighted by molar-refractivity contribution is 7.46. The second-order valence-electron chi connectivity index (χ2n) is 7.52. The predicted octanol–water partition coefficient (Wildman–Crippen LogP) is 1.84. The number of benzene rings is 1. The van der Waals surface area contributed by atoms with Crippen molar-refractivity contribution in [1.29, 1.82) is 0 Å². The van der Waals surface area contributed by atoms with Gasteiger partial charge < -0.3 is 29.9 Å². The first-order valence-electron chi connectivity index (χ1n) is 9.76. The van der Waals surface area contributed by atoms with Crippen molar-refractivity contribution in [2.75, 3.05) is 26.3 Å². The van der Waals surface area contributed by atoms with Gasteiger partial charge in [-0.05, 0) is 24.4 Å². The lowest BCUT2D eigenvalue weighted by atomic mass is 10.0. The number of ether oxygens (including phenoxy) is 2. The molecule has 1 unspecified atom stereocenters. The Balaban J connectivity index is 2.12. The van der Waals surface area contributed by atoms with Crippen LogP contribution in [0.5, 0.6) is 0 Å². The molecule has 1 aliphatic heterocycles. The van der Waals surface area contributed by atoms with Crippen molar-refractivity contribution in [2.24, 2.45) is 5.92 Å². The number of hydrogen-bond donors (Lipinski definition) is 4. The first-order valence-corrected chi connectivity index (χ1v) is 11.3. The Kier molecular flexibility index (Phi) is 9.55. The summed E-state index contributed by atoms with van der Waals surface area (Å²) in [7, 11) is -4.77. The number of nitrogens with one attached hydrogen (secondary N) is 2. The number of phosphoric acid groups is 1. The summed E-state index contributed by atoms with van der Waals surface area (Å²) in [5.41, 5.74) is 0.894. The third kappa shape index (κ3) is 9.71. The van der Waals surface area contributed by atoms with Gasteiger partial charge in [-0.1, -0.05) is 44.2 Å². The number of amides is 1. The number of carbonyl (C=O) groups is 1. The largest absolute Gasteiger partial charge is 0.469 e. The van der Waals surface area contributed by atoms with Crippen LogP contribution in [0.2, 0.25) is 0 Å². The van der Waals surface area contributed by atoms with Gasteiger partial charge in [0.05, 0.1) is 19.3 Å². The lowest BCUT2D eigenvalue weighted by molar-refractivity contribution is 0.0656. The summed E-state index contributed by atoms with van der Waals surface area (Å²) in [6.07, 6.45) is -1.00. The van der Waals surface area contributed by atoms with Crippen LogP contribution in [0.15, 0.2) is 30.3 Å². The van der Waals surface area contributed by atoms with Crippen molar-refractivity contribution >= 4 is 13.9 Å². The van der Waals surface area contributed by atoms with E-state index in [0.29, 0.717) is 38.5 Å². The van der Waals surface area contributed by atoms with E-state index < -0.39 is 26.1 Å². The Morgan fingerprint density at radius 3 is 2.59 bits per heavy atom. The van der Waals surface area contributed by atoms with Crippen molar-refractivity contribution < 1.29 is 33.1 Å². The molecule has 9 nitrogen and oxygen atoms in total. The summed E-state index contributed by atoms with van der Waals surface area (Å²) in [4.78, 5) is 31.1. The fraction of sp³-hybridized carbons (Fsp3) is 0.632. The highest BCUT2D eigenvalue weighted by Gasteiger charge is 2.32. The Hall–Kier alpha value is -1.48. The molecule has 1 aromatic rings. The molecule has 1 fully saturated rings. The molecule has 1 heterocycles. The van der Waals surface area contributed by atoms with E-state index in [2.05, 4.69) is 10.6 Å². The molecule has 1 saturated heterocycles. The van der Waals surface area contributed by atoms with Gasteiger partial charge in [-0.2, -0.15) is 0 Å². The zero-order valence-corrected chi connectivity index (χ0v) is 17.7. The first kappa shape index (κ1) is 23.8. The molecule has 0 radical (unpaired) electrons. The molecule has 3 atom stereocenters. The van der Waals surface area contributed by atoms with Crippen LogP contribution < -0.4 is 10.6 Å². The van der Waals surface area contributed by atoms with Crippen LogP contribution in [0.4, 0.5) is 4.79 Å². The Morgan fingerprint density at radius 2 is 2.00 bits per heavy atom. The average Bonchev–Trinajstić information content (AvgIpc) is 3.13. The summed E-state index contributed by atoms with van der Waals surface area (Å²) < 4.78 is 27.1. The van der Waals surface area contributed by atoms with Crippen LogP contribution in [-0.4, -0.2) is 60.4 Å². The number of carbonyl (C=O) groups excluding carboxylic acids is 1. The molecule has 0 bridgehead atoms. The Labute approximate surface area is 171 Å². The maximum Gasteiger partial charge on any atom is 0.469 e. The topological polar surface area (TPSA) is 126 Å². The lowest BCUT2D eigenvalue weighted by Gasteiger charge is -2.29. The SMILES string of the molecule is CC(C)CNC[C@@H](OP(=O)(O)O)[C@H](Cc1ccccc1)NC(=O)OC1CCOC1. The third-order valence-electron chi connectivity index (χ3n) is 4.38. The molecule has 0 saturated carbocycles. The van der Waals surface area contributed by atoms with Gasteiger partial charge in [0.25, 0.3) is 0 Å². The van der Waals surface area contributed by atoms with E-state index in [4.69, 9.17) is 14.0 Å². The molecule has 2 rings (SSSR count). The van der Waals surface area contributed by atoms with Crippen LogP contribution in [-0.2, 0) is 25.0 Å². The smallest absolute Gasteiger partial charge is 0.444 e. The van der Waals surface area contributed by atoms with Gasteiger partial charge in [0.2, 0.25) is 0 Å². The molecule has 1 aromatic carbocycles. The third-order valence-corrected chi connectivity index (χ3v) is 4.93. The van der Waals surface area contributed by atoms with Crippen molar-refractivity contribution in [3.05, 3.63) is 35.9 Å². The van der Waals surface area contributed by atoms with Crippen molar-refractivity contribution in [3.8, 4) is 0 Å². The highest BCUT2D eigenvalue weighted by atomic mass is 31.2. The minimum Gasteiger partial charge on any atom is -0.444 e. The molecule has 1 amide bonds. The van der Waals surface area contributed by atoms with E-state index in [1.807, 2.05) is 44.2 Å². The predicted molar refractivity (Wildman–Crippen MR) is 107 cm³/mol. The van der Waals surface area contributed by atoms with Crippen molar-refractivity contribution in [3.63, 3.8) is 0 Å². The molecular weight excluding hydrogens is 399 g/mol. The maximum atomic E-state index is 12.4. The molecule has 0 aliphatic carbocycles. The van der Waals surface area contributed by atoms with Gasteiger partial charge in [0.1, 0.15) is 12.2 Å². The minimum absolute atomic E-state index is 0.160. The summed E-state index contributed by atoms with van der Waals surface area (Å²) in [5.74, 6) is 0.346. The number of phosphoric ester groups is 1. The van der Waals surface area contributed by atoms with Crippen LogP contribution in [0.1, 0.15) is 25.8 Å². The van der Waals surface area contributed by atoms with Gasteiger partial charge in [-0.25, -0.2) is 9.36 Å². The summed E-state index contributed by atoms with van der Waals surface area (Å²) >= 11 is 0. The number of rotatable bonds is 11. The van der Waals surface area contributed by atoms with Crippen LogP contribution in [0.3, 0.4) is 0 Å². The molecule has 164 valence electrons. The second-order valence-corrected chi connectivity index (χ2v) is 8.71. The Morgan fingerprint density at radius 1 is 1.28 bits per heavy atom. The van der Waals surface area contributed by atoms with Gasteiger partial charge in [-0.15, -0.1) is 0 Å². The van der Waals surface area contributed by atoms with Gasteiger partial charge in [0.15, 0.2) is 0 Å². The molecule has 1 aliphatic rings. The van der Waals surface area contributed by atoms with Gasteiger partial charge in [0, 0.05) is 13.0 Å². The van der Waals surface area contributed by atoms with Crippen molar-refractivity contribution in [1.82, 2.24) is 10.6 Å². The standard InChI is InChI=1S/C19H31N2O7P/c1-14(2)11-20-12-18(28-29(23,24)25)17(10-15-6-4-3-5-7-15)21-19(22)27-16-8-9-26-13-16/h3-7,14,16-18,20H,8-13H2,1-2H3,(H,21,22)(H2,23,24,25)/t16?,17-,18+/m0/s1. The first-order chi connectivity index (χ1) is 13.7. The monoisotopic (exact) mass is 430 g/mol. The van der Waals surface area contributed by atoms with E-state index >= 15 is 0 Å². The van der Waals surface area contributed by atoms with Crippen LogP contribution >= 0.6 is 7.82 Å². The fourth-order valence-electron chi connectivity index (χ4n) is 3.03. The highest BCUT2D eigenvalue weighted by Crippen LogP contribution is 2.38. The molecule has 0 spiro atoms. The van der Waals surface area contributed by atoms with Crippen LogP contribution in [0.25, 0.3) is 0 Å². The van der Waals surface area contributed by atoms with E-state index in [-0.39, 0.29) is 12.6 Å². The molecule has 0 aromatic heterocycles. The average molecular weight is 430 g/mol. The van der Waals surface area contributed by atoms with E-state index in [1.165, 1.54) is 0 Å². The molecular formula is C19H31N2O7P. The van der Waals surface area contributed by atoms with Gasteiger partial charge >= 0.3 is 13.9 Å². The second kappa shape index (κ2) is 11.6. The molecule has 10 heteroatoms. The van der Waals surface area contributed by atoms with Gasteiger partial charge in [-0.3, -0.25) is 4.52 Å². The zero-order valence-electron chi connectivity index (χ0n) is 16.8. The lowest BCUT2D eigenvalue weighted by Crippen LogP contribution is -2.50. The van der Waals surface area contributed by atoms with Crippen molar-refractivity contribution in [2.45, 2.75) is 44.9 Å². The summed E-state index contributed by atoms with van der Waals surface area (Å²) in [5, 5.41) is 5.87. The number of hydrogen-bond acceptors (Lipinski definition) is 6. The van der Waals surface area contributed by atoms with E-state index in [9.17, 15) is 19.1 Å². The summed E-state index contributed by atoms with van der Waals surface area (Å²) in [6, 6.07) is 8.63. The maximum absolute atomic E-state index is 12.4. The Bertz CT molecular complexity index is 662. The van der Waals surface area contributed by atoms with E-state index in [1.54, 1.807) is 0 Å². The normalized spacial score (nSPS) is 19.1. The van der Waals surface area contributed by atoms with Crippen LogP contribution in [0, 0.1) is 5.92 Å².